The van der Waals surface area contributed by atoms with Gasteiger partial charge in [-0.1, -0.05) is 103 Å². The molecule has 9 rings (SSSR count). The van der Waals surface area contributed by atoms with Gasteiger partial charge in [-0.15, -0.1) is 0 Å². The molecule has 43 heavy (non-hydrogen) atoms. The molecule has 0 saturated carbocycles. The van der Waals surface area contributed by atoms with Crippen LogP contribution >= 0.6 is 0 Å². The lowest BCUT2D eigenvalue weighted by Gasteiger charge is -2.26. The van der Waals surface area contributed by atoms with Crippen LogP contribution in [0.25, 0.3) is 65.8 Å². The number of nitrogens with zero attached hydrogens (tertiary/aromatic N) is 1. The average molecular weight is 552 g/mol. The first-order valence-electron chi connectivity index (χ1n) is 14.5. The first kappa shape index (κ1) is 23.9. The quantitative estimate of drug-likeness (QED) is 0.218. The molecule has 0 aliphatic rings. The molecular weight excluding hydrogens is 526 g/mol. The van der Waals surface area contributed by atoms with Crippen molar-refractivity contribution in [2.24, 2.45) is 0 Å². The minimum absolute atomic E-state index is 0.875. The first-order valence-corrected chi connectivity index (χ1v) is 14.5. The number of benzene rings is 7. The molecule has 0 radical (unpaired) electrons. The normalized spacial score (nSPS) is 11.7. The summed E-state index contributed by atoms with van der Waals surface area (Å²) in [5, 5.41) is 6.80. The molecular formula is C40H25NO2. The number of rotatable bonds is 4. The van der Waals surface area contributed by atoms with Gasteiger partial charge < -0.3 is 13.7 Å². The second-order valence-corrected chi connectivity index (χ2v) is 10.9. The van der Waals surface area contributed by atoms with Gasteiger partial charge in [-0.3, -0.25) is 0 Å². The van der Waals surface area contributed by atoms with Crippen molar-refractivity contribution >= 4 is 71.7 Å². The smallest absolute Gasteiger partial charge is 0.143 e. The zero-order valence-electron chi connectivity index (χ0n) is 23.2. The fourth-order valence-electron chi connectivity index (χ4n) is 6.49. The van der Waals surface area contributed by atoms with Crippen molar-refractivity contribution in [3.63, 3.8) is 0 Å². The summed E-state index contributed by atoms with van der Waals surface area (Å²) in [5.41, 5.74) is 9.03. The van der Waals surface area contributed by atoms with E-state index in [0.717, 1.165) is 77.5 Å². The highest BCUT2D eigenvalue weighted by molar-refractivity contribution is 6.17. The maximum atomic E-state index is 6.63. The fourth-order valence-corrected chi connectivity index (χ4v) is 6.49. The Labute approximate surface area is 247 Å². The zero-order valence-corrected chi connectivity index (χ0v) is 23.2. The Bertz CT molecular complexity index is 2450. The van der Waals surface area contributed by atoms with Gasteiger partial charge in [-0.05, 0) is 59.5 Å². The van der Waals surface area contributed by atoms with Crippen LogP contribution in [0.15, 0.2) is 160 Å². The third-order valence-electron chi connectivity index (χ3n) is 8.46. The second-order valence-electron chi connectivity index (χ2n) is 10.9. The van der Waals surface area contributed by atoms with E-state index in [1.807, 2.05) is 18.2 Å². The van der Waals surface area contributed by atoms with Gasteiger partial charge in [0.25, 0.3) is 0 Å². The van der Waals surface area contributed by atoms with Crippen molar-refractivity contribution in [2.45, 2.75) is 0 Å². The molecule has 0 aliphatic carbocycles. The highest BCUT2D eigenvalue weighted by atomic mass is 16.3. The van der Waals surface area contributed by atoms with Gasteiger partial charge in [0, 0.05) is 38.5 Å². The highest BCUT2D eigenvalue weighted by Gasteiger charge is 2.20. The van der Waals surface area contributed by atoms with Gasteiger partial charge >= 0.3 is 0 Å². The van der Waals surface area contributed by atoms with Gasteiger partial charge in [-0.2, -0.15) is 0 Å². The summed E-state index contributed by atoms with van der Waals surface area (Å²) in [6.45, 7) is 0. The summed E-state index contributed by atoms with van der Waals surface area (Å²) in [4.78, 5) is 2.31. The number of hydrogen-bond acceptors (Lipinski definition) is 3. The van der Waals surface area contributed by atoms with Crippen molar-refractivity contribution in [3.8, 4) is 11.1 Å². The van der Waals surface area contributed by atoms with E-state index in [4.69, 9.17) is 8.83 Å². The predicted molar refractivity (Wildman–Crippen MR) is 179 cm³/mol. The van der Waals surface area contributed by atoms with Crippen molar-refractivity contribution in [2.75, 3.05) is 4.90 Å². The number of para-hydroxylation sites is 3. The number of furan rings is 2. The zero-order chi connectivity index (χ0) is 28.3. The lowest BCUT2D eigenvalue weighted by Crippen LogP contribution is -2.10. The van der Waals surface area contributed by atoms with E-state index in [-0.39, 0.29) is 0 Å². The molecule has 2 aromatic heterocycles. The van der Waals surface area contributed by atoms with Crippen LogP contribution in [0, 0.1) is 0 Å². The summed E-state index contributed by atoms with van der Waals surface area (Å²) < 4.78 is 12.9. The summed E-state index contributed by atoms with van der Waals surface area (Å²) in [6, 6.07) is 53.0. The van der Waals surface area contributed by atoms with E-state index in [2.05, 4.69) is 138 Å². The molecule has 9 aromatic rings. The molecule has 0 bridgehead atoms. The van der Waals surface area contributed by atoms with Crippen molar-refractivity contribution in [3.05, 3.63) is 152 Å². The largest absolute Gasteiger partial charge is 0.456 e. The lowest BCUT2D eigenvalue weighted by molar-refractivity contribution is 0.669. The van der Waals surface area contributed by atoms with Crippen LogP contribution in [-0.4, -0.2) is 0 Å². The number of hydrogen-bond donors (Lipinski definition) is 0. The molecule has 3 heteroatoms. The minimum atomic E-state index is 0.875. The Morgan fingerprint density at radius 3 is 1.95 bits per heavy atom. The van der Waals surface area contributed by atoms with Crippen LogP contribution < -0.4 is 4.90 Å². The number of anilines is 3. The summed E-state index contributed by atoms with van der Waals surface area (Å²) in [5.74, 6) is 0. The van der Waals surface area contributed by atoms with Crippen LogP contribution in [0.3, 0.4) is 0 Å². The molecule has 0 fully saturated rings. The van der Waals surface area contributed by atoms with Crippen LogP contribution in [0.1, 0.15) is 0 Å². The Hall–Kier alpha value is -5.80. The van der Waals surface area contributed by atoms with Gasteiger partial charge in [-0.25, -0.2) is 0 Å². The van der Waals surface area contributed by atoms with E-state index in [1.54, 1.807) is 0 Å². The third kappa shape index (κ3) is 3.68. The monoisotopic (exact) mass is 551 g/mol. The second kappa shape index (κ2) is 9.37. The molecule has 0 spiro atoms. The SMILES string of the molecule is c1ccc(N(c2ccc(-c3cccc4c3oc3c5ccccc5ccc43)cc2)c2cccc3oc4ccccc4c23)cc1. The van der Waals surface area contributed by atoms with Gasteiger partial charge in [0.1, 0.15) is 22.3 Å². The minimum Gasteiger partial charge on any atom is -0.456 e. The number of fused-ring (bicyclic) bond motifs is 8. The molecule has 0 aliphatic heterocycles. The molecule has 0 saturated heterocycles. The molecule has 0 amide bonds. The maximum absolute atomic E-state index is 6.63. The predicted octanol–water partition coefficient (Wildman–Crippen LogP) is 11.8. The lowest BCUT2D eigenvalue weighted by atomic mass is 10.0. The van der Waals surface area contributed by atoms with Crippen LogP contribution in [-0.2, 0) is 0 Å². The summed E-state index contributed by atoms with van der Waals surface area (Å²) in [7, 11) is 0. The Kier molecular flexibility index (Phi) is 5.20. The van der Waals surface area contributed by atoms with E-state index in [9.17, 15) is 0 Å². The van der Waals surface area contributed by atoms with Crippen molar-refractivity contribution < 1.29 is 8.83 Å². The molecule has 7 aromatic carbocycles. The standard InChI is InChI=1S/C40H25NO2/c1-2-11-28(12-3-1)41(35-17-9-19-37-38(35)34-14-6-7-18-36(34)42-37)29-23-20-27(21-24-29)31-15-8-16-32-33-25-22-26-10-4-5-13-30(26)40(33)43-39(31)32/h1-25H. The van der Waals surface area contributed by atoms with Gasteiger partial charge in [0.2, 0.25) is 0 Å². The van der Waals surface area contributed by atoms with E-state index in [1.165, 1.54) is 5.39 Å². The first-order chi connectivity index (χ1) is 21.3. The third-order valence-corrected chi connectivity index (χ3v) is 8.46. The average Bonchev–Trinajstić information content (AvgIpc) is 3.65. The van der Waals surface area contributed by atoms with Crippen LogP contribution in [0.4, 0.5) is 17.1 Å². The molecule has 0 unspecified atom stereocenters. The summed E-state index contributed by atoms with van der Waals surface area (Å²) in [6.07, 6.45) is 0. The van der Waals surface area contributed by atoms with E-state index >= 15 is 0 Å². The van der Waals surface area contributed by atoms with Gasteiger partial charge in [0.05, 0.1) is 11.1 Å². The highest BCUT2D eigenvalue weighted by Crippen LogP contribution is 2.44. The Balaban J connectivity index is 1.21. The molecule has 202 valence electrons. The van der Waals surface area contributed by atoms with Crippen LogP contribution in [0.2, 0.25) is 0 Å². The van der Waals surface area contributed by atoms with E-state index < -0.39 is 0 Å². The fraction of sp³-hybridized carbons (Fsp3) is 0. The Morgan fingerprint density at radius 1 is 0.395 bits per heavy atom. The maximum Gasteiger partial charge on any atom is 0.143 e. The topological polar surface area (TPSA) is 29.5 Å². The van der Waals surface area contributed by atoms with Crippen molar-refractivity contribution in [1.29, 1.82) is 0 Å². The van der Waals surface area contributed by atoms with Gasteiger partial charge in [0.15, 0.2) is 0 Å². The molecule has 2 heterocycles. The van der Waals surface area contributed by atoms with Crippen molar-refractivity contribution in [1.82, 2.24) is 0 Å². The molecule has 3 nitrogen and oxygen atoms in total. The molecule has 0 N–H and O–H groups in total. The summed E-state index contributed by atoms with van der Waals surface area (Å²) >= 11 is 0. The molecule has 0 atom stereocenters. The Morgan fingerprint density at radius 2 is 1.07 bits per heavy atom. The van der Waals surface area contributed by atoms with E-state index in [0.29, 0.717) is 0 Å². The van der Waals surface area contributed by atoms with Crippen LogP contribution in [0.5, 0.6) is 0 Å².